The molecule has 1 aromatic rings. The number of benzene rings is 1. The first-order valence-electron chi connectivity index (χ1n) is 12.9. The molecule has 3 heterocycles. The molecule has 7 nitrogen and oxygen atoms in total. The van der Waals surface area contributed by atoms with Gasteiger partial charge in [-0.15, -0.1) is 0 Å². The molecule has 3 amide bonds. The van der Waals surface area contributed by atoms with E-state index in [-0.39, 0.29) is 49.3 Å². The van der Waals surface area contributed by atoms with Gasteiger partial charge in [0.05, 0.1) is 12.0 Å². The van der Waals surface area contributed by atoms with Crippen molar-refractivity contribution in [1.29, 1.82) is 0 Å². The monoisotopic (exact) mass is 507 g/mol. The van der Waals surface area contributed by atoms with Crippen LogP contribution < -0.4 is 10.6 Å². The SMILES string of the molecule is O=C1CCC(N2Cc3cc(C[C@H]4OCCC[C@@H]4N[C@H]4CC[C@H](C(F)(F)F)CC4)ccc3C2=O)C(=O)N1. The second-order valence-electron chi connectivity index (χ2n) is 10.5. The van der Waals surface area contributed by atoms with Crippen molar-refractivity contribution in [1.82, 2.24) is 15.5 Å². The molecular formula is C26H32F3N3O4. The Bertz CT molecular complexity index is 1020. The normalized spacial score (nSPS) is 31.4. The molecule has 0 aromatic heterocycles. The summed E-state index contributed by atoms with van der Waals surface area (Å²) in [5.74, 6) is -2.13. The van der Waals surface area contributed by atoms with Crippen LogP contribution in [0, 0.1) is 5.92 Å². The fourth-order valence-corrected chi connectivity index (χ4v) is 6.11. The van der Waals surface area contributed by atoms with E-state index in [0.29, 0.717) is 44.4 Å². The van der Waals surface area contributed by atoms with Gasteiger partial charge in [-0.3, -0.25) is 19.7 Å². The van der Waals surface area contributed by atoms with Gasteiger partial charge in [-0.25, -0.2) is 0 Å². The number of ether oxygens (including phenoxy) is 1. The number of carbonyl (C=O) groups excluding carboxylic acids is 3. The lowest BCUT2D eigenvalue weighted by Gasteiger charge is -2.38. The van der Waals surface area contributed by atoms with Gasteiger partial charge in [-0.1, -0.05) is 12.1 Å². The number of halogens is 3. The fraction of sp³-hybridized carbons (Fsp3) is 0.654. The Morgan fingerprint density at radius 1 is 1.06 bits per heavy atom. The quantitative estimate of drug-likeness (QED) is 0.598. The molecule has 4 aliphatic rings. The van der Waals surface area contributed by atoms with Gasteiger partial charge < -0.3 is 15.0 Å². The van der Waals surface area contributed by atoms with E-state index in [1.807, 2.05) is 12.1 Å². The van der Waals surface area contributed by atoms with Crippen molar-refractivity contribution in [2.24, 2.45) is 5.92 Å². The number of carbonyl (C=O) groups is 3. The van der Waals surface area contributed by atoms with Gasteiger partial charge in [0.2, 0.25) is 11.8 Å². The molecule has 0 radical (unpaired) electrons. The molecule has 5 rings (SSSR count). The van der Waals surface area contributed by atoms with E-state index < -0.39 is 24.0 Å². The Kier molecular flexibility index (Phi) is 7.09. The van der Waals surface area contributed by atoms with Crippen molar-refractivity contribution in [3.8, 4) is 0 Å². The Labute approximate surface area is 208 Å². The lowest BCUT2D eigenvalue weighted by Crippen LogP contribution is -2.52. The Morgan fingerprint density at radius 2 is 1.83 bits per heavy atom. The minimum Gasteiger partial charge on any atom is -0.376 e. The van der Waals surface area contributed by atoms with Crippen LogP contribution in [-0.2, 0) is 27.3 Å². The summed E-state index contributed by atoms with van der Waals surface area (Å²) >= 11 is 0. The highest BCUT2D eigenvalue weighted by Gasteiger charge is 2.42. The summed E-state index contributed by atoms with van der Waals surface area (Å²) in [6.07, 6.45) is 0.166. The van der Waals surface area contributed by atoms with Gasteiger partial charge in [0.25, 0.3) is 5.91 Å². The molecule has 0 spiro atoms. The second-order valence-corrected chi connectivity index (χ2v) is 10.5. The van der Waals surface area contributed by atoms with E-state index in [4.69, 9.17) is 4.74 Å². The van der Waals surface area contributed by atoms with E-state index in [0.717, 1.165) is 24.0 Å². The summed E-state index contributed by atoms with van der Waals surface area (Å²) < 4.78 is 45.1. The molecule has 1 saturated carbocycles. The number of imide groups is 1. The van der Waals surface area contributed by atoms with E-state index in [1.165, 1.54) is 4.90 Å². The third-order valence-electron chi connectivity index (χ3n) is 8.10. The maximum Gasteiger partial charge on any atom is 0.391 e. The Morgan fingerprint density at radius 3 is 2.56 bits per heavy atom. The summed E-state index contributed by atoms with van der Waals surface area (Å²) in [6, 6.07) is 5.19. The van der Waals surface area contributed by atoms with Crippen molar-refractivity contribution < 1.29 is 32.3 Å². The van der Waals surface area contributed by atoms with Gasteiger partial charge in [0.1, 0.15) is 6.04 Å². The van der Waals surface area contributed by atoms with Crippen LogP contribution in [0.4, 0.5) is 13.2 Å². The minimum absolute atomic E-state index is 0.0671. The average Bonchev–Trinajstić information content (AvgIpc) is 3.15. The molecule has 3 atom stereocenters. The maximum absolute atomic E-state index is 13.0. The maximum atomic E-state index is 13.0. The van der Waals surface area contributed by atoms with E-state index in [9.17, 15) is 27.6 Å². The van der Waals surface area contributed by atoms with Crippen molar-refractivity contribution in [3.05, 3.63) is 34.9 Å². The Hall–Kier alpha value is -2.46. The molecule has 3 fully saturated rings. The predicted octanol–water partition coefficient (Wildman–Crippen LogP) is 3.25. The summed E-state index contributed by atoms with van der Waals surface area (Å²) in [5.41, 5.74) is 2.45. The largest absolute Gasteiger partial charge is 0.391 e. The van der Waals surface area contributed by atoms with E-state index in [2.05, 4.69) is 10.6 Å². The number of amides is 3. The number of rotatable bonds is 5. The van der Waals surface area contributed by atoms with Crippen LogP contribution in [-0.4, -0.2) is 59.6 Å². The molecule has 2 saturated heterocycles. The van der Waals surface area contributed by atoms with Crippen LogP contribution in [0.5, 0.6) is 0 Å². The number of nitrogens with one attached hydrogen (secondary N) is 2. The Balaban J connectivity index is 1.21. The molecule has 1 unspecified atom stereocenters. The van der Waals surface area contributed by atoms with Crippen molar-refractivity contribution >= 4 is 17.7 Å². The zero-order valence-corrected chi connectivity index (χ0v) is 20.1. The van der Waals surface area contributed by atoms with Gasteiger partial charge in [-0.2, -0.15) is 13.2 Å². The minimum atomic E-state index is -4.11. The first-order chi connectivity index (χ1) is 17.2. The lowest BCUT2D eigenvalue weighted by molar-refractivity contribution is -0.183. The molecule has 1 aliphatic carbocycles. The van der Waals surface area contributed by atoms with Crippen LogP contribution in [0.15, 0.2) is 18.2 Å². The number of hydrogen-bond acceptors (Lipinski definition) is 5. The highest BCUT2D eigenvalue weighted by atomic mass is 19.4. The number of hydrogen-bond donors (Lipinski definition) is 2. The van der Waals surface area contributed by atoms with Crippen molar-refractivity contribution in [2.75, 3.05) is 6.61 Å². The van der Waals surface area contributed by atoms with Crippen molar-refractivity contribution in [3.63, 3.8) is 0 Å². The molecule has 10 heteroatoms. The van der Waals surface area contributed by atoms with Gasteiger partial charge in [-0.05, 0) is 62.1 Å². The summed E-state index contributed by atoms with van der Waals surface area (Å²) in [4.78, 5) is 38.2. The third-order valence-corrected chi connectivity index (χ3v) is 8.10. The standard InChI is InChI=1S/C26H32F3N3O4/c27-26(28,29)17-4-6-18(7-5-17)30-20-2-1-11-36-22(20)13-15-3-8-19-16(12-15)14-32(25(19)35)21-9-10-23(33)31-24(21)34/h3,8,12,17-18,20-22,30H,1-2,4-7,9-11,13-14H2,(H,31,33,34)/t17-,18-,20-,21?,22+/m0/s1. The molecule has 196 valence electrons. The van der Waals surface area contributed by atoms with Crippen LogP contribution in [0.1, 0.15) is 72.9 Å². The van der Waals surface area contributed by atoms with Crippen LogP contribution in [0.3, 0.4) is 0 Å². The van der Waals surface area contributed by atoms with Gasteiger partial charge in [0, 0.05) is 43.6 Å². The number of nitrogens with zero attached hydrogens (tertiary/aromatic N) is 1. The summed E-state index contributed by atoms with van der Waals surface area (Å²) in [7, 11) is 0. The molecule has 3 aliphatic heterocycles. The average molecular weight is 508 g/mol. The van der Waals surface area contributed by atoms with Gasteiger partial charge in [0.15, 0.2) is 0 Å². The molecule has 2 N–H and O–H groups in total. The van der Waals surface area contributed by atoms with E-state index >= 15 is 0 Å². The number of alkyl halides is 3. The number of piperidine rings is 1. The zero-order chi connectivity index (χ0) is 25.4. The van der Waals surface area contributed by atoms with Crippen LogP contribution in [0.2, 0.25) is 0 Å². The molecule has 36 heavy (non-hydrogen) atoms. The first-order valence-corrected chi connectivity index (χ1v) is 12.9. The summed E-state index contributed by atoms with van der Waals surface area (Å²) in [5, 5.41) is 5.91. The first kappa shape index (κ1) is 25.2. The van der Waals surface area contributed by atoms with Crippen LogP contribution in [0.25, 0.3) is 0 Å². The second kappa shape index (κ2) is 10.1. The predicted molar refractivity (Wildman–Crippen MR) is 124 cm³/mol. The van der Waals surface area contributed by atoms with Crippen molar-refractivity contribution in [2.45, 2.75) is 94.7 Å². The van der Waals surface area contributed by atoms with Gasteiger partial charge >= 0.3 is 6.18 Å². The molecule has 1 aromatic carbocycles. The highest BCUT2D eigenvalue weighted by Crippen LogP contribution is 2.38. The third kappa shape index (κ3) is 5.29. The summed E-state index contributed by atoms with van der Waals surface area (Å²) in [6.45, 7) is 0.973. The topological polar surface area (TPSA) is 87.7 Å². The highest BCUT2D eigenvalue weighted by molar-refractivity contribution is 6.05. The molecule has 0 bridgehead atoms. The molecular weight excluding hydrogens is 475 g/mol. The lowest BCUT2D eigenvalue weighted by atomic mass is 9.84. The van der Waals surface area contributed by atoms with Crippen LogP contribution >= 0.6 is 0 Å². The number of fused-ring (bicyclic) bond motifs is 1. The zero-order valence-electron chi connectivity index (χ0n) is 20.1. The fourth-order valence-electron chi connectivity index (χ4n) is 6.11. The smallest absolute Gasteiger partial charge is 0.376 e. The van der Waals surface area contributed by atoms with E-state index in [1.54, 1.807) is 6.07 Å².